The summed E-state index contributed by atoms with van der Waals surface area (Å²) < 4.78 is 0. The van der Waals surface area contributed by atoms with Crippen LogP contribution in [-0.4, -0.2) is 6.54 Å². The Morgan fingerprint density at radius 1 is 0.900 bits per heavy atom. The number of benzene rings is 1. The highest BCUT2D eigenvalue weighted by Gasteiger charge is 2.56. The molecule has 0 unspecified atom stereocenters. The molecule has 1 heteroatoms. The average Bonchev–Trinajstić information content (AvgIpc) is 2.45. The van der Waals surface area contributed by atoms with Crippen LogP contribution >= 0.6 is 0 Å². The smallest absolute Gasteiger partial charge is 0.00717 e. The van der Waals surface area contributed by atoms with E-state index in [4.69, 9.17) is 5.73 Å². The lowest BCUT2D eigenvalue weighted by Crippen LogP contribution is -2.54. The summed E-state index contributed by atoms with van der Waals surface area (Å²) in [5, 5.41) is 0. The molecule has 108 valence electrons. The third-order valence-electron chi connectivity index (χ3n) is 6.75. The van der Waals surface area contributed by atoms with Crippen LogP contribution < -0.4 is 5.73 Å². The minimum Gasteiger partial charge on any atom is -0.330 e. The molecule has 0 atom stereocenters. The van der Waals surface area contributed by atoms with E-state index in [1.165, 1.54) is 50.5 Å². The van der Waals surface area contributed by atoms with Crippen molar-refractivity contribution in [1.29, 1.82) is 0 Å². The van der Waals surface area contributed by atoms with Gasteiger partial charge in [0, 0.05) is 0 Å². The number of nitrogens with two attached hydrogens (primary N) is 1. The predicted octanol–water partition coefficient (Wildman–Crippen LogP) is 4.02. The van der Waals surface area contributed by atoms with Crippen LogP contribution in [0.2, 0.25) is 0 Å². The quantitative estimate of drug-likeness (QED) is 0.877. The summed E-state index contributed by atoms with van der Waals surface area (Å²) in [6.07, 6.45) is 10.1. The topological polar surface area (TPSA) is 26.0 Å². The average molecular weight is 269 g/mol. The first-order valence-corrected chi connectivity index (χ1v) is 8.54. The van der Waals surface area contributed by atoms with Gasteiger partial charge in [0.05, 0.1) is 0 Å². The van der Waals surface area contributed by atoms with E-state index in [1.54, 1.807) is 0 Å². The van der Waals surface area contributed by atoms with Gasteiger partial charge in [0.25, 0.3) is 0 Å². The maximum absolute atomic E-state index is 6.05. The molecule has 4 aliphatic rings. The molecule has 20 heavy (non-hydrogen) atoms. The second-order valence-corrected chi connectivity index (χ2v) is 7.74. The van der Waals surface area contributed by atoms with Crippen molar-refractivity contribution < 1.29 is 0 Å². The highest BCUT2D eigenvalue weighted by atomic mass is 14.6. The van der Waals surface area contributed by atoms with Crippen molar-refractivity contribution in [2.75, 3.05) is 6.54 Å². The number of hydrogen-bond donors (Lipinski definition) is 1. The molecule has 1 nitrogen and oxygen atoms in total. The Labute approximate surface area is 122 Å². The van der Waals surface area contributed by atoms with Gasteiger partial charge in [0.2, 0.25) is 0 Å². The fourth-order valence-electron chi connectivity index (χ4n) is 6.15. The minimum atomic E-state index is 0.531. The van der Waals surface area contributed by atoms with E-state index in [2.05, 4.69) is 30.3 Å². The Bertz CT molecular complexity index is 436. The van der Waals surface area contributed by atoms with Gasteiger partial charge in [-0.3, -0.25) is 0 Å². The molecule has 2 N–H and O–H groups in total. The Balaban J connectivity index is 1.66. The molecule has 1 aromatic rings. The van der Waals surface area contributed by atoms with Gasteiger partial charge < -0.3 is 5.73 Å². The van der Waals surface area contributed by atoms with Crippen LogP contribution in [0.4, 0.5) is 0 Å². The zero-order valence-electron chi connectivity index (χ0n) is 12.4. The van der Waals surface area contributed by atoms with Gasteiger partial charge in [-0.1, -0.05) is 30.3 Å². The summed E-state index contributed by atoms with van der Waals surface area (Å²) >= 11 is 0. The molecule has 4 aliphatic carbocycles. The van der Waals surface area contributed by atoms with E-state index in [1.807, 2.05) is 0 Å². The predicted molar refractivity (Wildman–Crippen MR) is 83.3 cm³/mol. The molecule has 4 saturated carbocycles. The maximum Gasteiger partial charge on any atom is -0.00717 e. The van der Waals surface area contributed by atoms with Crippen LogP contribution in [0, 0.1) is 29.1 Å². The van der Waals surface area contributed by atoms with Gasteiger partial charge in [-0.25, -0.2) is 0 Å². The first kappa shape index (κ1) is 12.9. The van der Waals surface area contributed by atoms with Gasteiger partial charge >= 0.3 is 0 Å². The highest BCUT2D eigenvalue weighted by molar-refractivity contribution is 5.19. The van der Waals surface area contributed by atoms with Gasteiger partial charge in [0.15, 0.2) is 0 Å². The molecule has 5 rings (SSSR count). The molecule has 0 spiro atoms. The van der Waals surface area contributed by atoms with Crippen molar-refractivity contribution in [2.24, 2.45) is 34.8 Å². The molecule has 0 amide bonds. The van der Waals surface area contributed by atoms with Gasteiger partial charge in [0.1, 0.15) is 0 Å². The minimum absolute atomic E-state index is 0.531. The Morgan fingerprint density at radius 2 is 1.50 bits per heavy atom. The summed E-state index contributed by atoms with van der Waals surface area (Å²) in [5.74, 6) is 4.03. The first-order valence-electron chi connectivity index (χ1n) is 8.54. The molecule has 4 fully saturated rings. The molecule has 1 aromatic carbocycles. The summed E-state index contributed by atoms with van der Waals surface area (Å²) in [7, 11) is 0. The normalized spacial score (nSPS) is 42.0. The van der Waals surface area contributed by atoms with Crippen LogP contribution in [0.1, 0.15) is 44.1 Å². The molecular weight excluding hydrogens is 242 g/mol. The first-order chi connectivity index (χ1) is 9.80. The zero-order chi connectivity index (χ0) is 13.6. The van der Waals surface area contributed by atoms with E-state index >= 15 is 0 Å². The lowest BCUT2D eigenvalue weighted by Gasteiger charge is -2.62. The lowest BCUT2D eigenvalue weighted by atomic mass is 9.43. The van der Waals surface area contributed by atoms with Crippen LogP contribution in [0.15, 0.2) is 30.3 Å². The lowest BCUT2D eigenvalue weighted by molar-refractivity contribution is -0.112. The van der Waals surface area contributed by atoms with Crippen molar-refractivity contribution in [3.63, 3.8) is 0 Å². The fraction of sp³-hybridized carbons (Fsp3) is 0.684. The van der Waals surface area contributed by atoms with Crippen molar-refractivity contribution in [1.82, 2.24) is 0 Å². The third kappa shape index (κ3) is 1.94. The number of hydrogen-bond acceptors (Lipinski definition) is 1. The van der Waals surface area contributed by atoms with Crippen LogP contribution in [0.5, 0.6) is 0 Å². The Morgan fingerprint density at radius 3 is 2.05 bits per heavy atom. The van der Waals surface area contributed by atoms with Crippen molar-refractivity contribution >= 4 is 0 Å². The SMILES string of the molecule is NCCC1(Cc2ccccc2)C2CC3CC(C2)CC1C3. The standard InChI is InChI=1S/C19H27N/c20-7-6-19(13-14-4-2-1-3-5-14)17-9-15-8-16(11-17)12-18(19)10-15/h1-5,15-18H,6-13,20H2. The Hall–Kier alpha value is -0.820. The van der Waals surface area contributed by atoms with Crippen molar-refractivity contribution in [2.45, 2.75) is 44.9 Å². The fourth-order valence-corrected chi connectivity index (χ4v) is 6.15. The second-order valence-electron chi connectivity index (χ2n) is 7.74. The summed E-state index contributed by atoms with van der Waals surface area (Å²) in [5.41, 5.74) is 8.11. The summed E-state index contributed by atoms with van der Waals surface area (Å²) in [4.78, 5) is 0. The van der Waals surface area contributed by atoms with Crippen LogP contribution in [0.3, 0.4) is 0 Å². The Kier molecular flexibility index (Phi) is 3.14. The second kappa shape index (κ2) is 4.87. The van der Waals surface area contributed by atoms with E-state index < -0.39 is 0 Å². The van der Waals surface area contributed by atoms with Gasteiger partial charge in [-0.2, -0.15) is 0 Å². The molecule has 0 heterocycles. The largest absolute Gasteiger partial charge is 0.330 e. The van der Waals surface area contributed by atoms with E-state index in [9.17, 15) is 0 Å². The third-order valence-corrected chi connectivity index (χ3v) is 6.75. The molecule has 0 aliphatic heterocycles. The maximum atomic E-state index is 6.05. The zero-order valence-corrected chi connectivity index (χ0v) is 12.4. The van der Waals surface area contributed by atoms with Crippen LogP contribution in [-0.2, 0) is 6.42 Å². The molecule has 0 saturated heterocycles. The summed E-state index contributed by atoms with van der Waals surface area (Å²) in [6.45, 7) is 0.870. The molecule has 4 bridgehead atoms. The number of rotatable bonds is 4. The van der Waals surface area contributed by atoms with Crippen molar-refractivity contribution in [3.05, 3.63) is 35.9 Å². The van der Waals surface area contributed by atoms with E-state index in [0.717, 1.165) is 30.2 Å². The van der Waals surface area contributed by atoms with Crippen LogP contribution in [0.25, 0.3) is 0 Å². The van der Waals surface area contributed by atoms with Gasteiger partial charge in [-0.05, 0) is 86.1 Å². The highest BCUT2D eigenvalue weighted by Crippen LogP contribution is 2.64. The molecule has 0 radical (unpaired) electrons. The van der Waals surface area contributed by atoms with E-state index in [0.29, 0.717) is 5.41 Å². The monoisotopic (exact) mass is 269 g/mol. The van der Waals surface area contributed by atoms with Gasteiger partial charge in [-0.15, -0.1) is 0 Å². The molecular formula is C19H27N. The summed E-state index contributed by atoms with van der Waals surface area (Å²) in [6, 6.07) is 11.2. The molecule has 0 aromatic heterocycles. The van der Waals surface area contributed by atoms with E-state index in [-0.39, 0.29) is 0 Å². The van der Waals surface area contributed by atoms with Crippen molar-refractivity contribution in [3.8, 4) is 0 Å².